The van der Waals surface area contributed by atoms with Crippen LogP contribution in [-0.2, 0) is 47.5 Å². The normalized spacial score (nSPS) is 23.0. The molecule has 7 atom stereocenters. The maximum atomic E-state index is 14.8. The van der Waals surface area contributed by atoms with E-state index >= 15 is 0 Å². The van der Waals surface area contributed by atoms with E-state index in [-0.39, 0.29) is 67.3 Å². The molecule has 4 aliphatic rings. The molecule has 0 N–H and O–H groups in total. The van der Waals surface area contributed by atoms with E-state index < -0.39 is 61.5 Å². The van der Waals surface area contributed by atoms with Crippen LogP contribution in [0.2, 0.25) is 0 Å². The molecule has 86 heavy (non-hydrogen) atoms. The molecular weight excluding hydrogens is 1120 g/mol. The highest BCUT2D eigenvalue weighted by atomic mass is 19.4. The fourth-order valence-corrected chi connectivity index (χ4v) is 16.1. The van der Waals surface area contributed by atoms with Crippen molar-refractivity contribution in [3.05, 3.63) is 0 Å². The van der Waals surface area contributed by atoms with Crippen LogP contribution in [-0.4, -0.2) is 114 Å². The SMILES string of the molecule is CCCCCCCCOC(CC(C(=O)OCCCC12CC3CC4(CCCOC(=O)CCCN(CC)CC)CC(CCCOC(=O)C(CC(OCCCCCCCC)OCCCCCCCC)C(F)(F)F)(C1)C32C4)C(F)(F)F)OCCCCCCCC. The highest BCUT2D eigenvalue weighted by molar-refractivity contribution is 5.74. The van der Waals surface area contributed by atoms with Gasteiger partial charge in [-0.15, -0.1) is 0 Å². The van der Waals surface area contributed by atoms with E-state index in [0.29, 0.717) is 76.7 Å². The Morgan fingerprint density at radius 3 is 1.22 bits per heavy atom. The van der Waals surface area contributed by atoms with Crippen LogP contribution in [0.3, 0.4) is 0 Å². The lowest BCUT2D eigenvalue weighted by Crippen LogP contribution is -2.74. The third-order valence-corrected chi connectivity index (χ3v) is 20.3. The Hall–Kier alpha value is -2.21. The Morgan fingerprint density at radius 1 is 0.430 bits per heavy atom. The molecule has 7 unspecified atom stereocenters. The van der Waals surface area contributed by atoms with E-state index in [1.807, 2.05) is 0 Å². The molecule has 4 rings (SSSR count). The van der Waals surface area contributed by atoms with Crippen LogP contribution in [0.4, 0.5) is 26.3 Å². The van der Waals surface area contributed by atoms with Gasteiger partial charge in [0.05, 0.1) is 19.8 Å². The number of carbonyl (C=O) groups excluding carboxylic acids is 3. The average Bonchev–Trinajstić information content (AvgIpc) is 1.39. The largest absolute Gasteiger partial charge is 0.466 e. The minimum absolute atomic E-state index is 0.0205. The van der Waals surface area contributed by atoms with Crippen LogP contribution in [0.25, 0.3) is 0 Å². The topological polar surface area (TPSA) is 119 Å². The maximum Gasteiger partial charge on any atom is 0.402 e. The molecule has 0 radical (unpaired) electrons. The molecule has 1 spiro atoms. The first-order valence-corrected chi connectivity index (χ1v) is 35.1. The highest BCUT2D eigenvalue weighted by Gasteiger charge is 2.88. The van der Waals surface area contributed by atoms with Crippen LogP contribution in [0.15, 0.2) is 0 Å². The quantitative estimate of drug-likeness (QED) is 0.0190. The molecule has 0 aromatic carbocycles. The zero-order valence-electron chi connectivity index (χ0n) is 54.8. The molecule has 0 aromatic rings. The molecule has 2 bridgehead atoms. The Balaban J connectivity index is 1.41. The number of hydrogen-bond donors (Lipinski definition) is 0. The monoisotopic (exact) mass is 1240 g/mol. The van der Waals surface area contributed by atoms with Crippen molar-refractivity contribution in [2.75, 3.05) is 65.9 Å². The molecule has 11 nitrogen and oxygen atoms in total. The number of hydrogen-bond acceptors (Lipinski definition) is 11. The summed E-state index contributed by atoms with van der Waals surface area (Å²) in [6.45, 7) is 16.5. The molecule has 0 aromatic heterocycles. The van der Waals surface area contributed by atoms with Crippen molar-refractivity contribution < 1.29 is 73.9 Å². The number of ether oxygens (including phenoxy) is 7. The third kappa shape index (κ3) is 24.4. The molecule has 0 aliphatic heterocycles. The van der Waals surface area contributed by atoms with Crippen molar-refractivity contribution in [3.8, 4) is 0 Å². The predicted molar refractivity (Wildman–Crippen MR) is 327 cm³/mol. The van der Waals surface area contributed by atoms with Gasteiger partial charge in [-0.25, -0.2) is 0 Å². The van der Waals surface area contributed by atoms with Gasteiger partial charge >= 0.3 is 30.3 Å². The molecular formula is C69H121F6NO10. The van der Waals surface area contributed by atoms with Crippen LogP contribution in [0, 0.1) is 39.4 Å². The van der Waals surface area contributed by atoms with Crippen LogP contribution in [0.1, 0.15) is 292 Å². The highest BCUT2D eigenvalue weighted by Crippen LogP contribution is 2.96. The van der Waals surface area contributed by atoms with E-state index in [1.54, 1.807) is 0 Å². The van der Waals surface area contributed by atoms with E-state index in [4.69, 9.17) is 33.2 Å². The minimum Gasteiger partial charge on any atom is -0.466 e. The van der Waals surface area contributed by atoms with Gasteiger partial charge in [-0.05, 0) is 150 Å². The van der Waals surface area contributed by atoms with Gasteiger partial charge in [0.25, 0.3) is 0 Å². The van der Waals surface area contributed by atoms with E-state index in [1.165, 1.54) is 0 Å². The summed E-state index contributed by atoms with van der Waals surface area (Å²) in [6, 6.07) is 0. The number of esters is 3. The Morgan fingerprint density at radius 2 is 0.814 bits per heavy atom. The summed E-state index contributed by atoms with van der Waals surface area (Å²) in [7, 11) is 0. The molecule has 17 heteroatoms. The molecule has 0 heterocycles. The number of unbranched alkanes of at least 4 members (excludes halogenated alkanes) is 20. The fourth-order valence-electron chi connectivity index (χ4n) is 16.1. The summed E-state index contributed by atoms with van der Waals surface area (Å²) >= 11 is 0. The van der Waals surface area contributed by atoms with E-state index in [2.05, 4.69) is 46.4 Å². The van der Waals surface area contributed by atoms with Gasteiger partial charge < -0.3 is 38.1 Å². The lowest BCUT2D eigenvalue weighted by atomic mass is 9.23. The summed E-state index contributed by atoms with van der Waals surface area (Å²) in [5.41, 5.74) is -0.364. The Labute approximate surface area is 517 Å². The number of fused-ring (bicyclic) bond motifs is 1. The first-order chi connectivity index (χ1) is 41.3. The Kier molecular flexibility index (Phi) is 36.0. The van der Waals surface area contributed by atoms with E-state index in [9.17, 15) is 40.7 Å². The predicted octanol–water partition coefficient (Wildman–Crippen LogP) is 18.9. The van der Waals surface area contributed by atoms with Crippen molar-refractivity contribution in [2.45, 2.75) is 317 Å². The smallest absolute Gasteiger partial charge is 0.402 e. The van der Waals surface area contributed by atoms with Crippen LogP contribution in [0.5, 0.6) is 0 Å². The van der Waals surface area contributed by atoms with Crippen molar-refractivity contribution in [1.29, 1.82) is 0 Å². The van der Waals surface area contributed by atoms with Crippen molar-refractivity contribution in [2.24, 2.45) is 39.4 Å². The number of halogens is 6. The van der Waals surface area contributed by atoms with Gasteiger partial charge in [-0.1, -0.05) is 170 Å². The van der Waals surface area contributed by atoms with Gasteiger partial charge in [0.15, 0.2) is 24.4 Å². The first-order valence-electron chi connectivity index (χ1n) is 35.1. The van der Waals surface area contributed by atoms with Crippen molar-refractivity contribution in [1.82, 2.24) is 4.90 Å². The van der Waals surface area contributed by atoms with Gasteiger partial charge in [-0.2, -0.15) is 26.3 Å². The van der Waals surface area contributed by atoms with Crippen LogP contribution < -0.4 is 0 Å². The lowest BCUT2D eigenvalue weighted by Gasteiger charge is -2.81. The van der Waals surface area contributed by atoms with Gasteiger partial charge in [0.1, 0.15) is 0 Å². The second-order valence-electron chi connectivity index (χ2n) is 26.7. The number of nitrogens with zero attached hydrogens (tertiary/aromatic N) is 1. The van der Waals surface area contributed by atoms with Gasteiger partial charge in [-0.3, -0.25) is 14.4 Å². The number of alkyl halides is 6. The van der Waals surface area contributed by atoms with Crippen molar-refractivity contribution >= 4 is 17.9 Å². The fraction of sp³-hybridized carbons (Fsp3) is 0.957. The maximum absolute atomic E-state index is 14.8. The van der Waals surface area contributed by atoms with Gasteiger partial charge in [0.2, 0.25) is 0 Å². The number of rotatable bonds is 56. The summed E-state index contributed by atoms with van der Waals surface area (Å²) < 4.78 is 129. The third-order valence-electron chi connectivity index (χ3n) is 20.3. The zero-order valence-corrected chi connectivity index (χ0v) is 54.8. The molecule has 0 amide bonds. The van der Waals surface area contributed by atoms with E-state index in [0.717, 1.165) is 193 Å². The summed E-state index contributed by atoms with van der Waals surface area (Å²) in [5.74, 6) is -7.23. The van der Waals surface area contributed by atoms with Crippen molar-refractivity contribution in [3.63, 3.8) is 0 Å². The molecule has 504 valence electrons. The lowest BCUT2D eigenvalue weighted by molar-refractivity contribution is -0.325. The second kappa shape index (κ2) is 40.6. The average molecular weight is 1240 g/mol. The number of carbonyl (C=O) groups is 3. The summed E-state index contributed by atoms with van der Waals surface area (Å²) in [6.07, 6.45) is 19.9. The van der Waals surface area contributed by atoms with Gasteiger partial charge in [0, 0.05) is 45.7 Å². The van der Waals surface area contributed by atoms with Crippen LogP contribution >= 0.6 is 0 Å². The summed E-state index contributed by atoms with van der Waals surface area (Å²) in [4.78, 5) is 42.1. The minimum atomic E-state index is -4.86. The summed E-state index contributed by atoms with van der Waals surface area (Å²) in [5, 5.41) is 0. The molecule has 0 saturated heterocycles. The molecule has 4 aliphatic carbocycles. The first kappa shape index (κ1) is 76.2. The Bertz CT molecular complexity index is 1800. The zero-order chi connectivity index (χ0) is 62.8. The molecule has 4 saturated carbocycles. The second-order valence-corrected chi connectivity index (χ2v) is 26.7. The standard InChI is InChI=1S/C69H121F6NO10/c1-7-13-17-21-25-29-42-81-60(82-43-30-26-22-18-14-8-2)49-57(68(70,71)72)62(78)85-47-35-39-65-52-56-51-64(38-34-46-80-59(77)37-33-41-76(11-5)12-6)53-66(55-65,67(56,65)54-64)40-36-48-86-63(79)58(69(73,74)75)50-61(83-44-31-27-23-19-15-9-3)84-45-32-28-24-20-16-10-4/h56-58,60-61H,7-55H2,1-6H3. The molecule has 4 fully saturated rings.